The number of halogens is 1. The zero-order chi connectivity index (χ0) is 25.9. The van der Waals surface area contributed by atoms with Gasteiger partial charge in [0.2, 0.25) is 12.7 Å². The number of benzene rings is 3. The highest BCUT2D eigenvalue weighted by atomic mass is 79.9. The lowest BCUT2D eigenvalue weighted by Gasteiger charge is -2.56. The molecule has 1 fully saturated rings. The Hall–Kier alpha value is -3.30. The average Bonchev–Trinajstić information content (AvgIpc) is 3.32. The van der Waals surface area contributed by atoms with Crippen LogP contribution in [0.3, 0.4) is 0 Å². The van der Waals surface area contributed by atoms with Gasteiger partial charge in [0.05, 0.1) is 6.04 Å². The molecule has 0 unspecified atom stereocenters. The van der Waals surface area contributed by atoms with Crippen LogP contribution in [0.15, 0.2) is 59.1 Å². The lowest BCUT2D eigenvalue weighted by molar-refractivity contribution is -0.150. The number of ether oxygens (including phenoxy) is 3. The first kappa shape index (κ1) is 24.1. The molecular weight excluding hydrogens is 554 g/mol. The summed E-state index contributed by atoms with van der Waals surface area (Å²) in [5.74, 6) is 1.39. The highest BCUT2D eigenvalue weighted by Crippen LogP contribution is 2.50. The molecular formula is C28H26BrN3O4S. The normalized spacial score (nSPS) is 23.1. The molecule has 0 aliphatic carbocycles. The van der Waals surface area contributed by atoms with Gasteiger partial charge < -0.3 is 29.7 Å². The summed E-state index contributed by atoms with van der Waals surface area (Å²) in [6, 6.07) is 17.3. The van der Waals surface area contributed by atoms with Crippen molar-refractivity contribution in [2.75, 3.05) is 12.1 Å². The molecule has 0 saturated carbocycles. The monoisotopic (exact) mass is 579 g/mol. The largest absolute Gasteiger partial charge is 0.467 e. The first-order chi connectivity index (χ1) is 17.7. The summed E-state index contributed by atoms with van der Waals surface area (Å²) >= 11 is 9.42. The van der Waals surface area contributed by atoms with E-state index in [4.69, 9.17) is 26.4 Å². The van der Waals surface area contributed by atoms with Crippen LogP contribution < -0.4 is 24.8 Å². The Kier molecular flexibility index (Phi) is 5.80. The second-order valence-corrected chi connectivity index (χ2v) is 11.1. The van der Waals surface area contributed by atoms with E-state index in [1.807, 2.05) is 74.2 Å². The van der Waals surface area contributed by atoms with Gasteiger partial charge in [-0.05, 0) is 80.5 Å². The third-order valence-electron chi connectivity index (χ3n) is 7.29. The van der Waals surface area contributed by atoms with Gasteiger partial charge in [0, 0.05) is 22.3 Å². The summed E-state index contributed by atoms with van der Waals surface area (Å²) in [5.41, 5.74) is 3.73. The second-order valence-electron chi connectivity index (χ2n) is 9.83. The fourth-order valence-corrected chi connectivity index (χ4v) is 6.19. The van der Waals surface area contributed by atoms with E-state index in [1.54, 1.807) is 0 Å². The SMILES string of the molecule is Cc1ccc(NC(=O)[C@@H]2[C@H]3NC(=S)N(Cc4ccc5c(c4)OCO5)[C@@]2(C)Oc2ccc(Br)cc23)c(C)c1. The van der Waals surface area contributed by atoms with E-state index in [1.165, 1.54) is 0 Å². The van der Waals surface area contributed by atoms with Gasteiger partial charge in [-0.2, -0.15) is 0 Å². The smallest absolute Gasteiger partial charge is 0.236 e. The Labute approximate surface area is 229 Å². The number of hydrogen-bond donors (Lipinski definition) is 2. The molecule has 3 aliphatic heterocycles. The average molecular weight is 581 g/mol. The van der Waals surface area contributed by atoms with Crippen LogP contribution in [0.4, 0.5) is 5.69 Å². The van der Waals surface area contributed by atoms with E-state index in [0.29, 0.717) is 23.2 Å². The molecule has 1 amide bonds. The van der Waals surface area contributed by atoms with Gasteiger partial charge in [0.15, 0.2) is 22.3 Å². The Bertz CT molecular complexity index is 1450. The Morgan fingerprint density at radius 3 is 2.70 bits per heavy atom. The summed E-state index contributed by atoms with van der Waals surface area (Å²) in [6.45, 7) is 6.60. The van der Waals surface area contributed by atoms with Crippen molar-refractivity contribution in [3.63, 3.8) is 0 Å². The minimum atomic E-state index is -1.05. The zero-order valence-electron chi connectivity index (χ0n) is 20.6. The van der Waals surface area contributed by atoms with Crippen LogP contribution in [0.5, 0.6) is 17.2 Å². The maximum Gasteiger partial charge on any atom is 0.236 e. The quantitative estimate of drug-likeness (QED) is 0.390. The van der Waals surface area contributed by atoms with Crippen LogP contribution in [0.2, 0.25) is 0 Å². The van der Waals surface area contributed by atoms with Crippen LogP contribution in [0.1, 0.15) is 35.2 Å². The Balaban J connectivity index is 1.40. The molecule has 0 radical (unpaired) electrons. The first-order valence-electron chi connectivity index (χ1n) is 12.1. The van der Waals surface area contributed by atoms with Crippen molar-refractivity contribution in [1.29, 1.82) is 0 Å². The molecule has 3 aromatic carbocycles. The van der Waals surface area contributed by atoms with E-state index in [2.05, 4.69) is 32.6 Å². The van der Waals surface area contributed by atoms with Crippen LogP contribution >= 0.6 is 28.1 Å². The minimum absolute atomic E-state index is 0.143. The number of hydrogen-bond acceptors (Lipinski definition) is 5. The lowest BCUT2D eigenvalue weighted by Crippen LogP contribution is -2.71. The van der Waals surface area contributed by atoms with Gasteiger partial charge in [0.1, 0.15) is 11.7 Å². The number of fused-ring (bicyclic) bond motifs is 5. The number of rotatable bonds is 4. The predicted molar refractivity (Wildman–Crippen MR) is 148 cm³/mol. The van der Waals surface area contributed by atoms with Gasteiger partial charge in [-0.1, -0.05) is 39.7 Å². The molecule has 7 nitrogen and oxygen atoms in total. The molecule has 1 saturated heterocycles. The van der Waals surface area contributed by atoms with Crippen molar-refractivity contribution in [2.45, 2.75) is 39.1 Å². The maximum absolute atomic E-state index is 14.0. The van der Waals surface area contributed by atoms with Crippen molar-refractivity contribution < 1.29 is 19.0 Å². The summed E-state index contributed by atoms with van der Waals surface area (Å²) in [6.07, 6.45) is 0. The fraction of sp³-hybridized carbons (Fsp3) is 0.286. The van der Waals surface area contributed by atoms with Crippen LogP contribution in [-0.4, -0.2) is 28.4 Å². The van der Waals surface area contributed by atoms with E-state index in [-0.39, 0.29) is 18.7 Å². The van der Waals surface area contributed by atoms with Crippen molar-refractivity contribution >= 4 is 44.9 Å². The van der Waals surface area contributed by atoms with Gasteiger partial charge >= 0.3 is 0 Å². The number of carbonyl (C=O) groups is 1. The van der Waals surface area contributed by atoms with Gasteiger partial charge in [0.25, 0.3) is 0 Å². The van der Waals surface area contributed by atoms with Crippen molar-refractivity contribution in [1.82, 2.24) is 10.2 Å². The molecule has 3 atom stereocenters. The molecule has 2 bridgehead atoms. The highest BCUT2D eigenvalue weighted by molar-refractivity contribution is 9.10. The third kappa shape index (κ3) is 4.10. The van der Waals surface area contributed by atoms with E-state index >= 15 is 0 Å². The first-order valence-corrected chi connectivity index (χ1v) is 13.3. The van der Waals surface area contributed by atoms with Crippen molar-refractivity contribution in [2.24, 2.45) is 5.92 Å². The molecule has 3 aromatic rings. The molecule has 3 aliphatic rings. The molecule has 2 N–H and O–H groups in total. The number of anilines is 1. The number of thiocarbonyl (C=S) groups is 1. The van der Waals surface area contributed by atoms with E-state index in [9.17, 15) is 4.79 Å². The Morgan fingerprint density at radius 1 is 1.11 bits per heavy atom. The van der Waals surface area contributed by atoms with Crippen LogP contribution in [0, 0.1) is 19.8 Å². The van der Waals surface area contributed by atoms with Crippen molar-refractivity contribution in [3.8, 4) is 17.2 Å². The minimum Gasteiger partial charge on any atom is -0.467 e. The highest BCUT2D eigenvalue weighted by Gasteiger charge is 2.58. The second kappa shape index (κ2) is 8.92. The summed E-state index contributed by atoms with van der Waals surface area (Å²) in [4.78, 5) is 16.0. The molecule has 6 rings (SSSR count). The Morgan fingerprint density at radius 2 is 1.89 bits per heavy atom. The van der Waals surface area contributed by atoms with E-state index in [0.717, 1.165) is 38.2 Å². The summed E-state index contributed by atoms with van der Waals surface area (Å²) < 4.78 is 18.6. The standard InChI is InChI=1S/C28H26BrN3O4S/c1-15-4-7-20(16(2)10-15)30-26(33)24-25-19-12-18(29)6-9-21(19)36-28(24,3)32(27(37)31-25)13-17-5-8-22-23(11-17)35-14-34-22/h4-12,24-25H,13-14H2,1-3H3,(H,30,33)(H,31,37)/t24-,25-,28-/m0/s1. The van der Waals surface area contributed by atoms with Gasteiger partial charge in [-0.15, -0.1) is 0 Å². The molecule has 190 valence electrons. The fourth-order valence-electron chi connectivity index (χ4n) is 5.44. The van der Waals surface area contributed by atoms with Crippen LogP contribution in [0.25, 0.3) is 0 Å². The number of aryl methyl sites for hydroxylation is 2. The lowest BCUT2D eigenvalue weighted by atomic mass is 9.78. The number of nitrogens with zero attached hydrogens (tertiary/aromatic N) is 1. The zero-order valence-corrected chi connectivity index (χ0v) is 23.0. The van der Waals surface area contributed by atoms with Gasteiger partial charge in [-0.25, -0.2) is 0 Å². The molecule has 37 heavy (non-hydrogen) atoms. The number of nitrogens with one attached hydrogen (secondary N) is 2. The number of amides is 1. The molecule has 0 aromatic heterocycles. The predicted octanol–water partition coefficient (Wildman–Crippen LogP) is 5.59. The third-order valence-corrected chi connectivity index (χ3v) is 8.13. The summed E-state index contributed by atoms with van der Waals surface area (Å²) in [5, 5.41) is 7.14. The van der Waals surface area contributed by atoms with Crippen molar-refractivity contribution in [3.05, 3.63) is 81.3 Å². The maximum atomic E-state index is 14.0. The molecule has 3 heterocycles. The number of carbonyl (C=O) groups excluding carboxylic acids is 1. The summed E-state index contributed by atoms with van der Waals surface area (Å²) in [7, 11) is 0. The topological polar surface area (TPSA) is 72.1 Å². The van der Waals surface area contributed by atoms with E-state index < -0.39 is 11.6 Å². The van der Waals surface area contributed by atoms with Gasteiger partial charge in [-0.3, -0.25) is 4.79 Å². The molecule has 9 heteroatoms. The van der Waals surface area contributed by atoms with Crippen LogP contribution in [-0.2, 0) is 11.3 Å². The molecule has 0 spiro atoms.